The van der Waals surface area contributed by atoms with Crippen LogP contribution in [0.15, 0.2) is 42.7 Å². The van der Waals surface area contributed by atoms with Crippen LogP contribution in [0.4, 0.5) is 5.69 Å². The van der Waals surface area contributed by atoms with Crippen molar-refractivity contribution in [2.45, 2.75) is 51.1 Å². The van der Waals surface area contributed by atoms with Crippen LogP contribution in [0.2, 0.25) is 5.02 Å². The fourth-order valence-electron chi connectivity index (χ4n) is 5.17. The van der Waals surface area contributed by atoms with Crippen LogP contribution in [0.1, 0.15) is 61.1 Å². The molecule has 0 radical (unpaired) electrons. The molecule has 1 atom stereocenters. The monoisotopic (exact) mass is 451 g/mol. The molecule has 0 amide bonds. The highest BCUT2D eigenvalue weighted by Gasteiger charge is 2.33. The van der Waals surface area contributed by atoms with Crippen LogP contribution in [0.3, 0.4) is 0 Å². The highest BCUT2D eigenvalue weighted by Crippen LogP contribution is 2.34. The van der Waals surface area contributed by atoms with E-state index in [-0.39, 0.29) is 6.04 Å². The molecule has 8 heteroatoms. The first-order valence-electron chi connectivity index (χ1n) is 11.6. The third kappa shape index (κ3) is 4.36. The van der Waals surface area contributed by atoms with Crippen LogP contribution >= 0.6 is 11.6 Å². The topological polar surface area (TPSA) is 63.0 Å². The molecule has 3 aromatic rings. The van der Waals surface area contributed by atoms with Gasteiger partial charge >= 0.3 is 0 Å². The van der Waals surface area contributed by atoms with E-state index in [1.165, 1.54) is 30.5 Å². The number of hydrogen-bond donors (Lipinski definition) is 0. The van der Waals surface area contributed by atoms with E-state index in [9.17, 15) is 0 Å². The van der Waals surface area contributed by atoms with Crippen molar-refractivity contribution in [3.8, 4) is 0 Å². The second-order valence-corrected chi connectivity index (χ2v) is 9.35. The lowest BCUT2D eigenvalue weighted by molar-refractivity contribution is 0.193. The molecule has 168 valence electrons. The molecule has 1 aromatic carbocycles. The van der Waals surface area contributed by atoms with Gasteiger partial charge in [-0.2, -0.15) is 0 Å². The van der Waals surface area contributed by atoms with Crippen molar-refractivity contribution in [3.05, 3.63) is 64.7 Å². The summed E-state index contributed by atoms with van der Waals surface area (Å²) < 4.78 is 2.10. The van der Waals surface area contributed by atoms with Gasteiger partial charge in [-0.3, -0.25) is 9.88 Å². The number of halogens is 1. The van der Waals surface area contributed by atoms with Gasteiger partial charge in [0.1, 0.15) is 0 Å². The molecule has 2 aromatic heterocycles. The molecule has 1 saturated carbocycles. The Bertz CT molecular complexity index is 1020. The van der Waals surface area contributed by atoms with Crippen LogP contribution in [0.5, 0.6) is 0 Å². The molecular weight excluding hydrogens is 422 g/mol. The van der Waals surface area contributed by atoms with Crippen molar-refractivity contribution in [1.82, 2.24) is 30.1 Å². The Morgan fingerprint density at radius 1 is 1.03 bits per heavy atom. The summed E-state index contributed by atoms with van der Waals surface area (Å²) in [4.78, 5) is 9.34. The third-order valence-corrected chi connectivity index (χ3v) is 7.11. The van der Waals surface area contributed by atoms with Crippen molar-refractivity contribution >= 4 is 17.3 Å². The van der Waals surface area contributed by atoms with Gasteiger partial charge in [0.25, 0.3) is 0 Å². The Morgan fingerprint density at radius 2 is 1.84 bits per heavy atom. The number of benzene rings is 1. The SMILES string of the molecule is Cc1ccc(Cl)cc1N1CCN([C@@H](c2cccnc2)c2nnnn2C2CCCCC2)CC1. The summed E-state index contributed by atoms with van der Waals surface area (Å²) in [6.45, 7) is 5.85. The lowest BCUT2D eigenvalue weighted by Gasteiger charge is -2.40. The summed E-state index contributed by atoms with van der Waals surface area (Å²) in [6.07, 6.45) is 9.89. The average molecular weight is 452 g/mol. The third-order valence-electron chi connectivity index (χ3n) is 6.87. The van der Waals surface area contributed by atoms with E-state index in [0.29, 0.717) is 6.04 Å². The number of aryl methyl sites for hydroxylation is 1. The number of aromatic nitrogens is 5. The first-order valence-corrected chi connectivity index (χ1v) is 12.0. The number of piperazine rings is 1. The molecule has 32 heavy (non-hydrogen) atoms. The maximum Gasteiger partial charge on any atom is 0.173 e. The van der Waals surface area contributed by atoms with E-state index in [4.69, 9.17) is 11.6 Å². The number of rotatable bonds is 5. The van der Waals surface area contributed by atoms with E-state index in [1.54, 1.807) is 0 Å². The summed E-state index contributed by atoms with van der Waals surface area (Å²) in [6, 6.07) is 10.7. The zero-order chi connectivity index (χ0) is 21.9. The van der Waals surface area contributed by atoms with E-state index >= 15 is 0 Å². The number of tetrazole rings is 1. The van der Waals surface area contributed by atoms with E-state index < -0.39 is 0 Å². The first-order chi connectivity index (χ1) is 15.7. The Kier molecular flexibility index (Phi) is 6.37. The maximum absolute atomic E-state index is 6.29. The van der Waals surface area contributed by atoms with Crippen molar-refractivity contribution in [3.63, 3.8) is 0 Å². The summed E-state index contributed by atoms with van der Waals surface area (Å²) in [5.41, 5.74) is 3.63. The number of anilines is 1. The van der Waals surface area contributed by atoms with Crippen molar-refractivity contribution < 1.29 is 0 Å². The minimum atomic E-state index is 0.00300. The van der Waals surface area contributed by atoms with Crippen LogP contribution in [-0.2, 0) is 0 Å². The molecule has 2 aliphatic rings. The minimum absolute atomic E-state index is 0.00300. The van der Waals surface area contributed by atoms with E-state index in [1.807, 2.05) is 24.5 Å². The Labute approximate surface area is 194 Å². The van der Waals surface area contributed by atoms with Crippen LogP contribution < -0.4 is 4.90 Å². The van der Waals surface area contributed by atoms with Crippen molar-refractivity contribution in [1.29, 1.82) is 0 Å². The van der Waals surface area contributed by atoms with Gasteiger partial charge in [-0.25, -0.2) is 4.68 Å². The molecule has 0 unspecified atom stereocenters. The van der Waals surface area contributed by atoms with Crippen LogP contribution in [0, 0.1) is 6.92 Å². The second-order valence-electron chi connectivity index (χ2n) is 8.92. The number of nitrogens with zero attached hydrogens (tertiary/aromatic N) is 7. The fourth-order valence-corrected chi connectivity index (χ4v) is 5.34. The molecular formula is C24H30ClN7. The number of hydrogen-bond acceptors (Lipinski definition) is 6. The lowest BCUT2D eigenvalue weighted by Crippen LogP contribution is -2.48. The fraction of sp³-hybridized carbons (Fsp3) is 0.500. The van der Waals surface area contributed by atoms with Gasteiger partial charge < -0.3 is 4.90 Å². The zero-order valence-corrected chi connectivity index (χ0v) is 19.3. The van der Waals surface area contributed by atoms with Gasteiger partial charge in [-0.05, 0) is 59.5 Å². The number of pyridine rings is 1. The van der Waals surface area contributed by atoms with Crippen molar-refractivity contribution in [2.75, 3.05) is 31.1 Å². The minimum Gasteiger partial charge on any atom is -0.369 e. The Hall–Kier alpha value is -2.51. The summed E-state index contributed by atoms with van der Waals surface area (Å²) in [7, 11) is 0. The predicted molar refractivity (Wildman–Crippen MR) is 126 cm³/mol. The summed E-state index contributed by atoms with van der Waals surface area (Å²) >= 11 is 6.29. The van der Waals surface area contributed by atoms with E-state index in [2.05, 4.69) is 60.1 Å². The largest absolute Gasteiger partial charge is 0.369 e. The highest BCUT2D eigenvalue weighted by molar-refractivity contribution is 6.30. The van der Waals surface area contributed by atoms with E-state index in [0.717, 1.165) is 55.4 Å². The molecule has 1 aliphatic heterocycles. The van der Waals surface area contributed by atoms with Gasteiger partial charge in [0.15, 0.2) is 5.82 Å². The van der Waals surface area contributed by atoms with Crippen LogP contribution in [0.25, 0.3) is 0 Å². The lowest BCUT2D eigenvalue weighted by atomic mass is 9.95. The molecule has 1 aliphatic carbocycles. The second kappa shape index (κ2) is 9.55. The smallest absolute Gasteiger partial charge is 0.173 e. The highest BCUT2D eigenvalue weighted by atomic mass is 35.5. The Balaban J connectivity index is 1.41. The van der Waals surface area contributed by atoms with Gasteiger partial charge in [-0.15, -0.1) is 5.10 Å². The Morgan fingerprint density at radius 3 is 2.59 bits per heavy atom. The quantitative estimate of drug-likeness (QED) is 0.571. The van der Waals surface area contributed by atoms with Gasteiger partial charge in [0.2, 0.25) is 0 Å². The summed E-state index contributed by atoms with van der Waals surface area (Å²) in [5.74, 6) is 0.942. The molecule has 0 bridgehead atoms. The van der Waals surface area contributed by atoms with Gasteiger partial charge in [-0.1, -0.05) is 43.0 Å². The molecule has 0 spiro atoms. The first kappa shape index (κ1) is 21.3. The molecule has 2 fully saturated rings. The van der Waals surface area contributed by atoms with Crippen LogP contribution in [-0.4, -0.2) is 56.3 Å². The summed E-state index contributed by atoms with van der Waals surface area (Å²) in [5, 5.41) is 13.9. The van der Waals surface area contributed by atoms with Gasteiger partial charge in [0, 0.05) is 49.3 Å². The maximum atomic E-state index is 6.29. The normalized spacial score (nSPS) is 19.2. The predicted octanol–water partition coefficient (Wildman–Crippen LogP) is 4.45. The molecule has 7 nitrogen and oxygen atoms in total. The zero-order valence-electron chi connectivity index (χ0n) is 18.6. The standard InChI is InChI=1S/C24H30ClN7/c1-18-9-10-20(25)16-22(18)30-12-14-31(15-13-30)23(19-6-5-11-26-17-19)24-27-28-29-32(24)21-7-3-2-4-8-21/h5-6,9-11,16-17,21,23H,2-4,7-8,12-15H2,1H3/t23-/m0/s1. The molecule has 1 saturated heterocycles. The van der Waals surface area contributed by atoms with Gasteiger partial charge in [0.05, 0.1) is 12.1 Å². The molecule has 0 N–H and O–H groups in total. The van der Waals surface area contributed by atoms with Crippen molar-refractivity contribution in [2.24, 2.45) is 0 Å². The molecule has 5 rings (SSSR count). The molecule has 3 heterocycles. The average Bonchev–Trinajstić information content (AvgIpc) is 3.32.